The van der Waals surface area contributed by atoms with Gasteiger partial charge in [0.15, 0.2) is 9.84 Å². The van der Waals surface area contributed by atoms with Crippen LogP contribution in [0.3, 0.4) is 0 Å². The molecule has 2 amide bonds. The summed E-state index contributed by atoms with van der Waals surface area (Å²) in [6.45, 7) is 1.11. The Hall–Kier alpha value is -2.67. The molecule has 3 rings (SSSR count). The molecule has 1 aliphatic heterocycles. The lowest BCUT2D eigenvalue weighted by Crippen LogP contribution is -2.37. The second-order valence-corrected chi connectivity index (χ2v) is 8.76. The Labute approximate surface area is 159 Å². The summed E-state index contributed by atoms with van der Waals surface area (Å²) in [4.78, 5) is 26.5. The van der Waals surface area contributed by atoms with Crippen LogP contribution < -0.4 is 5.32 Å². The number of hydrogen-bond donors (Lipinski definition) is 1. The first-order valence-electron chi connectivity index (χ1n) is 8.75. The number of likely N-dealkylation sites (tertiary alicyclic amines) is 1. The first-order valence-corrected chi connectivity index (χ1v) is 10.6. The van der Waals surface area contributed by atoms with Crippen LogP contribution in [0, 0.1) is 0 Å². The van der Waals surface area contributed by atoms with Gasteiger partial charge in [0.1, 0.15) is 0 Å². The molecule has 1 saturated heterocycles. The molecule has 1 fully saturated rings. The van der Waals surface area contributed by atoms with E-state index in [1.54, 1.807) is 4.90 Å². The number of hydrogen-bond acceptors (Lipinski definition) is 4. The van der Waals surface area contributed by atoms with E-state index in [-0.39, 0.29) is 29.2 Å². The maximum atomic E-state index is 12.4. The molecule has 6 nitrogen and oxygen atoms in total. The Bertz CT molecular complexity index is 924. The van der Waals surface area contributed by atoms with Crippen LogP contribution >= 0.6 is 0 Å². The van der Waals surface area contributed by atoms with E-state index < -0.39 is 9.84 Å². The highest BCUT2D eigenvalue weighted by Gasteiger charge is 2.30. The van der Waals surface area contributed by atoms with Crippen LogP contribution in [-0.4, -0.2) is 50.5 Å². The van der Waals surface area contributed by atoms with E-state index in [1.165, 1.54) is 29.8 Å². The van der Waals surface area contributed by atoms with Crippen molar-refractivity contribution in [3.05, 3.63) is 65.7 Å². The Balaban J connectivity index is 1.55. The predicted octanol–water partition coefficient (Wildman–Crippen LogP) is 1.66. The smallest absolute Gasteiger partial charge is 0.251 e. The summed E-state index contributed by atoms with van der Waals surface area (Å²) < 4.78 is 23.0. The van der Waals surface area contributed by atoms with Crippen LogP contribution in [0.2, 0.25) is 0 Å². The van der Waals surface area contributed by atoms with Gasteiger partial charge in [-0.25, -0.2) is 8.42 Å². The van der Waals surface area contributed by atoms with E-state index in [4.69, 9.17) is 0 Å². The van der Waals surface area contributed by atoms with Gasteiger partial charge in [-0.3, -0.25) is 9.59 Å². The van der Waals surface area contributed by atoms with Gasteiger partial charge < -0.3 is 10.2 Å². The lowest BCUT2D eigenvalue weighted by atomic mass is 10.1. The molecule has 1 N–H and O–H groups in total. The van der Waals surface area contributed by atoms with E-state index in [0.29, 0.717) is 18.7 Å². The quantitative estimate of drug-likeness (QED) is 0.818. The molecule has 0 bridgehead atoms. The number of rotatable bonds is 6. The van der Waals surface area contributed by atoms with Gasteiger partial charge in [0, 0.05) is 31.3 Å². The van der Waals surface area contributed by atoms with Crippen molar-refractivity contribution in [3.8, 4) is 0 Å². The zero-order valence-electron chi connectivity index (χ0n) is 15.1. The molecule has 2 aromatic carbocycles. The number of nitrogens with one attached hydrogen (secondary N) is 1. The van der Waals surface area contributed by atoms with Gasteiger partial charge >= 0.3 is 0 Å². The largest absolute Gasteiger partial charge is 0.347 e. The average molecular weight is 386 g/mol. The number of amides is 2. The van der Waals surface area contributed by atoms with Crippen molar-refractivity contribution in [2.75, 3.05) is 19.3 Å². The third-order valence-electron chi connectivity index (χ3n) is 4.61. The van der Waals surface area contributed by atoms with Crippen molar-refractivity contribution >= 4 is 21.7 Å². The topological polar surface area (TPSA) is 83.5 Å². The zero-order chi connectivity index (χ0) is 19.4. The molecule has 0 aliphatic carbocycles. The summed E-state index contributed by atoms with van der Waals surface area (Å²) in [5.74, 6) is -0.276. The first-order chi connectivity index (χ1) is 12.8. The molecule has 2 aromatic rings. The number of carbonyl (C=O) groups excluding carboxylic acids is 2. The highest BCUT2D eigenvalue weighted by atomic mass is 32.2. The maximum Gasteiger partial charge on any atom is 0.251 e. The third kappa shape index (κ3) is 4.95. The molecule has 7 heteroatoms. The predicted molar refractivity (Wildman–Crippen MR) is 102 cm³/mol. The van der Waals surface area contributed by atoms with Gasteiger partial charge in [0.25, 0.3) is 5.91 Å². The van der Waals surface area contributed by atoms with E-state index in [1.807, 2.05) is 30.3 Å². The fraction of sp³-hybridized carbons (Fsp3) is 0.300. The molecular weight excluding hydrogens is 364 g/mol. The Morgan fingerprint density at radius 3 is 2.41 bits per heavy atom. The first kappa shape index (κ1) is 19.1. The molecule has 1 aliphatic rings. The van der Waals surface area contributed by atoms with Gasteiger partial charge in [-0.05, 0) is 36.2 Å². The Morgan fingerprint density at radius 1 is 1.11 bits per heavy atom. The Kier molecular flexibility index (Phi) is 5.60. The summed E-state index contributed by atoms with van der Waals surface area (Å²) in [7, 11) is -3.29. The summed E-state index contributed by atoms with van der Waals surface area (Å²) >= 11 is 0. The van der Waals surface area contributed by atoms with Gasteiger partial charge in [0.05, 0.1) is 10.9 Å². The van der Waals surface area contributed by atoms with Crippen LogP contribution in [0.15, 0.2) is 59.5 Å². The van der Waals surface area contributed by atoms with Crippen LogP contribution in [0.1, 0.15) is 22.3 Å². The van der Waals surface area contributed by atoms with E-state index in [2.05, 4.69) is 5.32 Å². The molecule has 0 radical (unpaired) electrons. The summed E-state index contributed by atoms with van der Waals surface area (Å²) in [6.07, 6.45) is 2.18. The molecule has 142 valence electrons. The summed E-state index contributed by atoms with van der Waals surface area (Å²) in [5, 5.41) is 2.86. The molecule has 0 saturated carbocycles. The number of nitrogens with zero attached hydrogens (tertiary/aromatic N) is 1. The standard InChI is InChI=1S/C20H22N2O4S/c1-27(25,26)18-9-7-16(8-10-18)20(24)21-17-13-19(23)22(14-17)12-11-15-5-3-2-4-6-15/h2-10,17H,11-14H2,1H3,(H,21,24)/t17-/m1/s1. The van der Waals surface area contributed by atoms with Crippen molar-refractivity contribution in [2.45, 2.75) is 23.8 Å². The highest BCUT2D eigenvalue weighted by Crippen LogP contribution is 2.14. The van der Waals surface area contributed by atoms with Gasteiger partial charge in [-0.2, -0.15) is 0 Å². The molecule has 0 unspecified atom stereocenters. The fourth-order valence-corrected chi connectivity index (χ4v) is 3.75. The van der Waals surface area contributed by atoms with Gasteiger partial charge in [-0.15, -0.1) is 0 Å². The minimum absolute atomic E-state index is 0.0312. The SMILES string of the molecule is CS(=O)(=O)c1ccc(C(=O)N[C@@H]2CC(=O)N(CCc3ccccc3)C2)cc1. The molecule has 0 aromatic heterocycles. The van der Waals surface area contributed by atoms with Crippen LogP contribution in [-0.2, 0) is 21.1 Å². The lowest BCUT2D eigenvalue weighted by molar-refractivity contribution is -0.127. The van der Waals surface area contributed by atoms with E-state index >= 15 is 0 Å². The summed E-state index contributed by atoms with van der Waals surface area (Å²) in [6, 6.07) is 15.5. The normalized spacial score (nSPS) is 17.1. The molecule has 27 heavy (non-hydrogen) atoms. The van der Waals surface area contributed by atoms with Crippen LogP contribution in [0.25, 0.3) is 0 Å². The van der Waals surface area contributed by atoms with Crippen molar-refractivity contribution in [1.29, 1.82) is 0 Å². The number of sulfone groups is 1. The maximum absolute atomic E-state index is 12.4. The molecule has 1 heterocycles. The van der Waals surface area contributed by atoms with Crippen molar-refractivity contribution in [1.82, 2.24) is 10.2 Å². The Morgan fingerprint density at radius 2 is 1.78 bits per heavy atom. The van der Waals surface area contributed by atoms with Gasteiger partial charge in [0.2, 0.25) is 5.91 Å². The van der Waals surface area contributed by atoms with Crippen LogP contribution in [0.4, 0.5) is 0 Å². The lowest BCUT2D eigenvalue weighted by Gasteiger charge is -2.17. The van der Waals surface area contributed by atoms with E-state index in [9.17, 15) is 18.0 Å². The molecule has 1 atom stereocenters. The van der Waals surface area contributed by atoms with Crippen molar-refractivity contribution in [2.24, 2.45) is 0 Å². The fourth-order valence-electron chi connectivity index (χ4n) is 3.12. The zero-order valence-corrected chi connectivity index (χ0v) is 15.9. The molecular formula is C20H22N2O4S. The monoisotopic (exact) mass is 386 g/mol. The number of carbonyl (C=O) groups is 2. The van der Waals surface area contributed by atoms with Crippen LogP contribution in [0.5, 0.6) is 0 Å². The van der Waals surface area contributed by atoms with E-state index in [0.717, 1.165) is 12.7 Å². The van der Waals surface area contributed by atoms with Crippen molar-refractivity contribution in [3.63, 3.8) is 0 Å². The molecule has 0 spiro atoms. The second-order valence-electron chi connectivity index (χ2n) is 6.75. The summed E-state index contributed by atoms with van der Waals surface area (Å²) in [5.41, 5.74) is 1.54. The highest BCUT2D eigenvalue weighted by molar-refractivity contribution is 7.90. The average Bonchev–Trinajstić information content (AvgIpc) is 2.99. The minimum Gasteiger partial charge on any atom is -0.347 e. The number of benzene rings is 2. The second kappa shape index (κ2) is 7.92. The minimum atomic E-state index is -3.29. The van der Waals surface area contributed by atoms with Crippen molar-refractivity contribution < 1.29 is 18.0 Å². The third-order valence-corrected chi connectivity index (χ3v) is 5.74. The van der Waals surface area contributed by atoms with Gasteiger partial charge in [-0.1, -0.05) is 30.3 Å².